The third-order valence-corrected chi connectivity index (χ3v) is 13.4. The van der Waals surface area contributed by atoms with Crippen molar-refractivity contribution in [2.24, 2.45) is 0 Å². The highest BCUT2D eigenvalue weighted by Gasteiger charge is 2.20. The van der Waals surface area contributed by atoms with Gasteiger partial charge in [0.2, 0.25) is 23.0 Å². The Morgan fingerprint density at radius 2 is 0.500 bits per heavy atom. The summed E-state index contributed by atoms with van der Waals surface area (Å²) >= 11 is 0. The Morgan fingerprint density at radius 1 is 0.214 bits per heavy atom. The average Bonchev–Trinajstić information content (AvgIpc) is 3.44. The number of ether oxygens (including phenoxy) is 12. The van der Waals surface area contributed by atoms with Crippen molar-refractivity contribution in [1.82, 2.24) is 40.3 Å². The van der Waals surface area contributed by atoms with Gasteiger partial charge in [-0.05, 0) is 83.9 Å². The smallest absolute Gasteiger partial charge is 0.203 e. The molecule has 0 radical (unpaired) electrons. The second kappa shape index (κ2) is 26.7. The number of rotatable bonds is 20. The van der Waals surface area contributed by atoms with Gasteiger partial charge < -0.3 is 56.8 Å². The van der Waals surface area contributed by atoms with Gasteiger partial charge in [0, 0.05) is 56.9 Å². The lowest BCUT2D eigenvalue weighted by Crippen LogP contribution is -1.99. The Balaban J connectivity index is 0.000000202. The molecule has 0 spiro atoms. The normalized spacial score (nSPS) is 10.6. The molecule has 0 bridgehead atoms. The predicted molar refractivity (Wildman–Crippen MR) is 317 cm³/mol. The summed E-state index contributed by atoms with van der Waals surface area (Å²) in [7, 11) is 18.9. The van der Waals surface area contributed by atoms with Crippen LogP contribution in [-0.2, 0) is 0 Å². The Hall–Kier alpha value is -10.8. The largest absolute Gasteiger partial charge is 0.493 e. The van der Waals surface area contributed by atoms with E-state index in [1.165, 1.54) is 0 Å². The van der Waals surface area contributed by atoms with Crippen LogP contribution >= 0.6 is 0 Å². The molecule has 0 N–H and O–H groups in total. The molecule has 0 aliphatic heterocycles. The Labute approximate surface area is 485 Å². The van der Waals surface area contributed by atoms with E-state index in [1.807, 2.05) is 103 Å². The fraction of sp³-hybridized carbons (Fsp3) is 0.188. The van der Waals surface area contributed by atoms with Crippen molar-refractivity contribution >= 4 is 0 Å². The molecule has 20 heteroatoms. The Kier molecular flexibility index (Phi) is 18.4. The predicted octanol–water partition coefficient (Wildman–Crippen LogP) is 12.0. The molecular weight excluding hydrogens is 1070 g/mol. The van der Waals surface area contributed by atoms with Gasteiger partial charge in [0.1, 0.15) is 11.4 Å². The third-order valence-electron chi connectivity index (χ3n) is 13.4. The first kappa shape index (κ1) is 57.9. The lowest BCUT2D eigenvalue weighted by Gasteiger charge is -2.14. The molecule has 0 amide bonds. The van der Waals surface area contributed by atoms with Crippen LogP contribution in [0.2, 0.25) is 0 Å². The van der Waals surface area contributed by atoms with E-state index in [1.54, 1.807) is 122 Å². The van der Waals surface area contributed by atoms with Crippen LogP contribution in [0.15, 0.2) is 146 Å². The van der Waals surface area contributed by atoms with Crippen LogP contribution in [0.3, 0.4) is 0 Å². The average molecular weight is 1130 g/mol. The van der Waals surface area contributed by atoms with Crippen molar-refractivity contribution in [3.8, 4) is 159 Å². The summed E-state index contributed by atoms with van der Waals surface area (Å²) in [5.41, 5.74) is 11.4. The van der Waals surface area contributed by atoms with Gasteiger partial charge in [0.25, 0.3) is 0 Å². The third kappa shape index (κ3) is 12.3. The van der Waals surface area contributed by atoms with E-state index in [4.69, 9.17) is 66.8 Å². The molecule has 4 heterocycles. The molecule has 0 aliphatic carbocycles. The molecule has 0 atom stereocenters. The number of hydrogen-bond acceptors (Lipinski definition) is 20. The minimum atomic E-state index is 0.440. The summed E-state index contributed by atoms with van der Waals surface area (Å²) < 4.78 is 65.5. The van der Waals surface area contributed by atoms with E-state index in [-0.39, 0.29) is 0 Å². The molecule has 4 aromatic heterocycles. The molecule has 84 heavy (non-hydrogen) atoms. The molecule has 428 valence electrons. The van der Waals surface area contributed by atoms with Crippen LogP contribution in [-0.4, -0.2) is 126 Å². The lowest BCUT2D eigenvalue weighted by molar-refractivity contribution is 0.324. The maximum atomic E-state index is 5.50. The van der Waals surface area contributed by atoms with Crippen molar-refractivity contribution in [2.45, 2.75) is 0 Å². The maximum Gasteiger partial charge on any atom is 0.203 e. The zero-order valence-electron chi connectivity index (χ0n) is 48.3. The zero-order chi connectivity index (χ0) is 59.3. The Bertz CT molecular complexity index is 3290. The first-order valence-corrected chi connectivity index (χ1v) is 25.8. The molecule has 10 aromatic rings. The molecule has 6 aromatic carbocycles. The first-order chi connectivity index (χ1) is 41.0. The summed E-state index contributed by atoms with van der Waals surface area (Å²) in [6, 6.07) is 38.5. The van der Waals surface area contributed by atoms with Crippen LogP contribution in [0.25, 0.3) is 90.1 Å². The van der Waals surface area contributed by atoms with Gasteiger partial charge in [0.15, 0.2) is 57.6 Å². The first-order valence-electron chi connectivity index (χ1n) is 25.8. The van der Waals surface area contributed by atoms with Gasteiger partial charge in [-0.1, -0.05) is 48.5 Å². The fourth-order valence-electron chi connectivity index (χ4n) is 9.14. The molecule has 10 rings (SSSR count). The van der Waals surface area contributed by atoms with Gasteiger partial charge in [-0.25, -0.2) is 9.97 Å². The highest BCUT2D eigenvalue weighted by molar-refractivity contribution is 5.77. The Morgan fingerprint density at radius 3 is 0.750 bits per heavy atom. The van der Waals surface area contributed by atoms with E-state index in [0.29, 0.717) is 92.0 Å². The minimum Gasteiger partial charge on any atom is -0.493 e. The van der Waals surface area contributed by atoms with Gasteiger partial charge >= 0.3 is 0 Å². The lowest BCUT2D eigenvalue weighted by atomic mass is 10.0. The van der Waals surface area contributed by atoms with E-state index >= 15 is 0 Å². The van der Waals surface area contributed by atoms with E-state index in [9.17, 15) is 0 Å². The summed E-state index contributed by atoms with van der Waals surface area (Å²) in [4.78, 5) is 18.6. The van der Waals surface area contributed by atoms with Crippen molar-refractivity contribution < 1.29 is 56.8 Å². The van der Waals surface area contributed by atoms with Crippen LogP contribution in [0, 0.1) is 0 Å². The summed E-state index contributed by atoms with van der Waals surface area (Å²) in [5, 5.41) is 17.5. The molecule has 0 aliphatic rings. The van der Waals surface area contributed by atoms with E-state index in [0.717, 1.165) is 67.0 Å². The van der Waals surface area contributed by atoms with E-state index in [2.05, 4.69) is 36.4 Å². The minimum absolute atomic E-state index is 0.440. The highest BCUT2D eigenvalue weighted by atomic mass is 16.5. The van der Waals surface area contributed by atoms with Gasteiger partial charge in [0.05, 0.1) is 109 Å². The highest BCUT2D eigenvalue weighted by Crippen LogP contribution is 2.45. The van der Waals surface area contributed by atoms with Crippen LogP contribution in [0.4, 0.5) is 0 Å². The number of aromatic nitrogens is 8. The van der Waals surface area contributed by atoms with E-state index < -0.39 is 0 Å². The van der Waals surface area contributed by atoms with Crippen molar-refractivity contribution in [3.05, 3.63) is 146 Å². The summed E-state index contributed by atoms with van der Waals surface area (Å²) in [6.07, 6.45) is 6.96. The standard InChI is InChI=1S/C34H32N2O6.C30H28N6O6/c1-37-29-15-25(16-30(38-2)33(29)41-5)23-10-12-27(35-19-23)21-8-7-9-22(14-21)28-13-11-24(20-36-28)26-17-31(39-3)34(42-6)32(18-26)40-4;1-37-23-11-19(12-24(38-2)27(23)41-5)21-15-31-29(35-33-21)17-8-7-9-18(10-17)30-32-16-22(34-36-30)20-13-25(39-3)28(42-6)26(14-20)40-4/h7-20H,1-6H3;7-16H,1-6H3. The van der Waals surface area contributed by atoms with Gasteiger partial charge in [-0.3, -0.25) is 9.97 Å². The number of benzene rings is 6. The topological polar surface area (TPSA) is 214 Å². The van der Waals surface area contributed by atoms with Crippen molar-refractivity contribution in [3.63, 3.8) is 0 Å². The zero-order valence-corrected chi connectivity index (χ0v) is 48.3. The maximum absolute atomic E-state index is 5.50. The number of methoxy groups -OCH3 is 12. The van der Waals surface area contributed by atoms with Gasteiger partial charge in [-0.15, -0.1) is 20.4 Å². The molecule has 0 saturated carbocycles. The number of nitrogens with zero attached hydrogens (tertiary/aromatic N) is 8. The van der Waals surface area contributed by atoms with Crippen LogP contribution in [0.1, 0.15) is 0 Å². The second-order valence-electron chi connectivity index (χ2n) is 18.0. The fourth-order valence-corrected chi connectivity index (χ4v) is 9.14. The van der Waals surface area contributed by atoms with Crippen molar-refractivity contribution in [1.29, 1.82) is 0 Å². The molecular formula is C64H60N8O12. The number of hydrogen-bond donors (Lipinski definition) is 0. The summed E-state index contributed by atoms with van der Waals surface area (Å²) in [6.45, 7) is 0. The van der Waals surface area contributed by atoms with Crippen molar-refractivity contribution in [2.75, 3.05) is 85.3 Å². The molecule has 0 saturated heterocycles. The monoisotopic (exact) mass is 1130 g/mol. The number of pyridine rings is 2. The van der Waals surface area contributed by atoms with Gasteiger partial charge in [-0.2, -0.15) is 0 Å². The molecule has 0 fully saturated rings. The quantitative estimate of drug-likeness (QED) is 0.0693. The summed E-state index contributed by atoms with van der Waals surface area (Å²) in [5.74, 6) is 7.36. The molecule has 20 nitrogen and oxygen atoms in total. The van der Waals surface area contributed by atoms with Crippen LogP contribution < -0.4 is 56.8 Å². The molecule has 0 unspecified atom stereocenters. The SMILES string of the molecule is COc1cc(-c2ccc(-c3cccc(-c4ccc(-c5cc(OC)c(OC)c(OC)c5)cn4)c3)nc2)cc(OC)c1OC.COc1cc(-c2cnc(-c3cccc(-c4ncc(-c5cc(OC)c(OC)c(OC)c5)nn4)c3)nn2)cc(OC)c1OC. The second-order valence-corrected chi connectivity index (χ2v) is 18.0. The van der Waals surface area contributed by atoms with Crippen LogP contribution in [0.5, 0.6) is 69.0 Å².